The van der Waals surface area contributed by atoms with E-state index in [1.54, 1.807) is 0 Å². The number of amides is 3. The molecule has 1 N–H and O–H groups in total. The lowest BCUT2D eigenvalue weighted by Gasteiger charge is -2.31. The Morgan fingerprint density at radius 3 is 2.35 bits per heavy atom. The average Bonchev–Trinajstić information content (AvgIpc) is 3.08. The van der Waals surface area contributed by atoms with Gasteiger partial charge in [-0.25, -0.2) is 9.18 Å². The minimum Gasteiger partial charge on any atom is -0.355 e. The highest BCUT2D eigenvalue weighted by atomic mass is 19.4. The number of alkyl halides is 3. The number of Topliss-reactive ketones (excluding diaryl/α,β-unsaturated/α-hetero) is 1. The first-order valence-electron chi connectivity index (χ1n) is 10.3. The van der Waals surface area contributed by atoms with Crippen LogP contribution in [-0.2, 0) is 11.0 Å². The van der Waals surface area contributed by atoms with Crippen LogP contribution in [0.2, 0.25) is 0 Å². The monoisotopic (exact) mass is 474 g/mol. The van der Waals surface area contributed by atoms with E-state index in [4.69, 9.17) is 5.26 Å². The summed E-state index contributed by atoms with van der Waals surface area (Å²) in [6.07, 6.45) is -4.50. The zero-order chi connectivity index (χ0) is 24.8. The van der Waals surface area contributed by atoms with E-state index in [9.17, 15) is 31.9 Å². The lowest BCUT2D eigenvalue weighted by atomic mass is 9.88. The Bertz CT molecular complexity index is 1240. The SMILES string of the molecule is CNC(=O)c1ccc(N2C(=O)N(c3ccc(C#N)c(C(F)(F)F)c3)[C@H]3CCC(=O)C[C@@H]32)cc1F. The van der Waals surface area contributed by atoms with Gasteiger partial charge in [-0.3, -0.25) is 19.4 Å². The molecule has 7 nitrogen and oxygen atoms in total. The Morgan fingerprint density at radius 2 is 1.74 bits per heavy atom. The van der Waals surface area contributed by atoms with Crippen LogP contribution in [-0.4, -0.2) is 36.9 Å². The summed E-state index contributed by atoms with van der Waals surface area (Å²) in [5.41, 5.74) is -2.00. The number of fused-ring (bicyclic) bond motifs is 1. The van der Waals surface area contributed by atoms with Crippen LogP contribution in [0.25, 0.3) is 0 Å². The highest BCUT2D eigenvalue weighted by Crippen LogP contribution is 2.41. The standard InChI is InChI=1S/C23H18F4N4O3/c1-29-21(33)16-6-4-14(9-18(16)24)31-20-10-15(32)5-7-19(20)30(22(31)34)13-3-2-12(11-28)17(8-13)23(25,26)27/h2-4,6,8-9,19-20H,5,7,10H2,1H3,(H,29,33)/t19-,20-/m0/s1. The maximum Gasteiger partial charge on any atom is 0.417 e. The number of rotatable bonds is 3. The Labute approximate surface area is 191 Å². The van der Waals surface area contributed by atoms with Crippen LogP contribution >= 0.6 is 0 Å². The van der Waals surface area contributed by atoms with Crippen molar-refractivity contribution in [1.29, 1.82) is 5.26 Å². The van der Waals surface area contributed by atoms with Crippen LogP contribution in [0.3, 0.4) is 0 Å². The summed E-state index contributed by atoms with van der Waals surface area (Å²) >= 11 is 0. The minimum atomic E-state index is -4.82. The third-order valence-electron chi connectivity index (χ3n) is 6.09. The van der Waals surface area contributed by atoms with E-state index in [-0.39, 0.29) is 42.0 Å². The van der Waals surface area contributed by atoms with Crippen molar-refractivity contribution in [3.8, 4) is 6.07 Å². The van der Waals surface area contributed by atoms with Gasteiger partial charge >= 0.3 is 12.2 Å². The first kappa shape index (κ1) is 23.2. The molecule has 2 aromatic rings. The summed E-state index contributed by atoms with van der Waals surface area (Å²) in [5, 5.41) is 11.4. The van der Waals surface area contributed by atoms with Gasteiger partial charge in [-0.2, -0.15) is 18.4 Å². The number of carbonyl (C=O) groups excluding carboxylic acids is 3. The number of benzene rings is 2. The van der Waals surface area contributed by atoms with Crippen molar-refractivity contribution >= 4 is 29.1 Å². The second-order valence-electron chi connectivity index (χ2n) is 8.02. The van der Waals surface area contributed by atoms with E-state index < -0.39 is 47.1 Å². The molecule has 0 bridgehead atoms. The third-order valence-corrected chi connectivity index (χ3v) is 6.09. The molecule has 2 aliphatic rings. The summed E-state index contributed by atoms with van der Waals surface area (Å²) in [6, 6.07) is 5.92. The van der Waals surface area contributed by atoms with Gasteiger partial charge in [0.15, 0.2) is 0 Å². The van der Waals surface area contributed by atoms with Crippen LogP contribution in [0.5, 0.6) is 0 Å². The van der Waals surface area contributed by atoms with Gasteiger partial charge < -0.3 is 5.32 Å². The lowest BCUT2D eigenvalue weighted by molar-refractivity contribution is -0.137. The van der Waals surface area contributed by atoms with Crippen molar-refractivity contribution in [2.75, 3.05) is 16.8 Å². The number of ketones is 1. The normalized spacial score (nSPS) is 20.2. The van der Waals surface area contributed by atoms with Gasteiger partial charge in [-0.1, -0.05) is 0 Å². The molecular formula is C23H18F4N4O3. The van der Waals surface area contributed by atoms with Crippen molar-refractivity contribution in [2.24, 2.45) is 0 Å². The molecule has 0 spiro atoms. The first-order chi connectivity index (χ1) is 16.1. The van der Waals surface area contributed by atoms with Crippen molar-refractivity contribution in [1.82, 2.24) is 5.32 Å². The molecule has 1 saturated heterocycles. The van der Waals surface area contributed by atoms with Gasteiger partial charge in [0.05, 0.1) is 34.8 Å². The molecule has 0 unspecified atom stereocenters. The van der Waals surface area contributed by atoms with Crippen LogP contribution in [0, 0.1) is 17.1 Å². The Morgan fingerprint density at radius 1 is 1.09 bits per heavy atom. The number of nitrogens with zero attached hydrogens (tertiary/aromatic N) is 3. The number of nitriles is 1. The molecule has 3 amide bonds. The molecule has 0 radical (unpaired) electrons. The smallest absolute Gasteiger partial charge is 0.355 e. The van der Waals surface area contributed by atoms with Gasteiger partial charge in [-0.15, -0.1) is 0 Å². The van der Waals surface area contributed by atoms with Crippen molar-refractivity contribution in [2.45, 2.75) is 37.5 Å². The van der Waals surface area contributed by atoms with Crippen molar-refractivity contribution < 1.29 is 31.9 Å². The van der Waals surface area contributed by atoms with Gasteiger partial charge in [0.2, 0.25) is 0 Å². The summed E-state index contributed by atoms with van der Waals surface area (Å²) in [7, 11) is 1.34. The van der Waals surface area contributed by atoms with E-state index in [2.05, 4.69) is 5.32 Å². The number of urea groups is 1. The second-order valence-corrected chi connectivity index (χ2v) is 8.02. The van der Waals surface area contributed by atoms with Crippen LogP contribution in [0.1, 0.15) is 40.7 Å². The summed E-state index contributed by atoms with van der Waals surface area (Å²) in [5.74, 6) is -1.68. The number of hydrogen-bond donors (Lipinski definition) is 1. The fraction of sp³-hybridized carbons (Fsp3) is 0.304. The lowest BCUT2D eigenvalue weighted by Crippen LogP contribution is -2.43. The van der Waals surface area contributed by atoms with Gasteiger partial charge in [0.1, 0.15) is 11.6 Å². The zero-order valence-corrected chi connectivity index (χ0v) is 17.8. The fourth-order valence-corrected chi connectivity index (χ4v) is 4.53. The van der Waals surface area contributed by atoms with E-state index >= 15 is 0 Å². The minimum absolute atomic E-state index is 0.0475. The van der Waals surface area contributed by atoms with E-state index in [0.29, 0.717) is 0 Å². The van der Waals surface area contributed by atoms with Gasteiger partial charge in [0, 0.05) is 31.3 Å². The molecule has 1 saturated carbocycles. The molecule has 4 rings (SSSR count). The largest absolute Gasteiger partial charge is 0.417 e. The van der Waals surface area contributed by atoms with Crippen LogP contribution in [0.15, 0.2) is 36.4 Å². The summed E-state index contributed by atoms with van der Waals surface area (Å²) in [6.45, 7) is 0. The molecule has 34 heavy (non-hydrogen) atoms. The molecule has 1 aliphatic carbocycles. The van der Waals surface area contributed by atoms with E-state index in [1.807, 2.05) is 0 Å². The zero-order valence-electron chi connectivity index (χ0n) is 17.8. The quantitative estimate of drug-likeness (QED) is 0.681. The Balaban J connectivity index is 1.80. The number of halogens is 4. The van der Waals surface area contributed by atoms with Gasteiger partial charge in [0.25, 0.3) is 5.91 Å². The highest BCUT2D eigenvalue weighted by Gasteiger charge is 2.50. The molecule has 2 aromatic carbocycles. The highest BCUT2D eigenvalue weighted by molar-refractivity contribution is 6.09. The maximum absolute atomic E-state index is 14.6. The number of hydrogen-bond acceptors (Lipinski definition) is 4. The second kappa shape index (κ2) is 8.44. The predicted octanol–water partition coefficient (Wildman–Crippen LogP) is 4.01. The number of anilines is 2. The summed E-state index contributed by atoms with van der Waals surface area (Å²) < 4.78 is 55.2. The molecule has 1 aliphatic heterocycles. The molecule has 11 heteroatoms. The summed E-state index contributed by atoms with van der Waals surface area (Å²) in [4.78, 5) is 39.8. The maximum atomic E-state index is 14.6. The fourth-order valence-electron chi connectivity index (χ4n) is 4.53. The number of carbonyl (C=O) groups is 3. The Hall–Kier alpha value is -3.94. The molecule has 176 valence electrons. The topological polar surface area (TPSA) is 93.5 Å². The van der Waals surface area contributed by atoms with Crippen LogP contribution in [0.4, 0.5) is 33.7 Å². The number of nitrogens with one attached hydrogen (secondary N) is 1. The molecule has 0 aromatic heterocycles. The van der Waals surface area contributed by atoms with Crippen molar-refractivity contribution in [3.05, 3.63) is 58.9 Å². The van der Waals surface area contributed by atoms with E-state index in [1.165, 1.54) is 36.2 Å². The van der Waals surface area contributed by atoms with E-state index in [0.717, 1.165) is 23.1 Å². The molecule has 2 fully saturated rings. The van der Waals surface area contributed by atoms with Gasteiger partial charge in [-0.05, 0) is 42.8 Å². The molecule has 2 atom stereocenters. The first-order valence-corrected chi connectivity index (χ1v) is 10.3. The predicted molar refractivity (Wildman–Crippen MR) is 113 cm³/mol. The Kier molecular flexibility index (Phi) is 5.77. The molecular weight excluding hydrogens is 456 g/mol. The average molecular weight is 474 g/mol. The van der Waals surface area contributed by atoms with Crippen molar-refractivity contribution in [3.63, 3.8) is 0 Å². The van der Waals surface area contributed by atoms with Crippen LogP contribution < -0.4 is 15.1 Å². The third kappa shape index (κ3) is 3.85. The molecule has 1 heterocycles.